The van der Waals surface area contributed by atoms with E-state index in [-0.39, 0.29) is 0 Å². The normalized spacial score (nSPS) is 14.8. The standard InChI is InChI=1S/C11H15FO3S/c1-11(2,16(3,14)15)10(13)8-4-6-9(12)7-5-8/h4-7,10,13H,1-3H3. The van der Waals surface area contributed by atoms with Crippen LogP contribution in [-0.2, 0) is 9.84 Å². The summed E-state index contributed by atoms with van der Waals surface area (Å²) >= 11 is 0. The van der Waals surface area contributed by atoms with Gasteiger partial charge in [0.1, 0.15) is 5.82 Å². The van der Waals surface area contributed by atoms with E-state index in [0.29, 0.717) is 5.56 Å². The summed E-state index contributed by atoms with van der Waals surface area (Å²) in [4.78, 5) is 0. The highest BCUT2D eigenvalue weighted by Crippen LogP contribution is 2.31. The molecule has 0 heterocycles. The second-order valence-corrected chi connectivity index (χ2v) is 6.93. The Morgan fingerprint density at radius 2 is 1.69 bits per heavy atom. The molecule has 0 aromatic heterocycles. The van der Waals surface area contributed by atoms with Crippen molar-refractivity contribution in [2.45, 2.75) is 24.7 Å². The third-order valence-electron chi connectivity index (χ3n) is 2.80. The first-order valence-corrected chi connectivity index (χ1v) is 6.68. The Bertz CT molecular complexity index is 463. The highest BCUT2D eigenvalue weighted by Gasteiger charge is 2.38. The molecule has 0 aliphatic rings. The SMILES string of the molecule is CC(C)(C(O)c1ccc(F)cc1)S(C)(=O)=O. The van der Waals surface area contributed by atoms with Crippen molar-refractivity contribution in [2.24, 2.45) is 0 Å². The van der Waals surface area contributed by atoms with Gasteiger partial charge in [0.2, 0.25) is 0 Å². The van der Waals surface area contributed by atoms with Crippen LogP contribution in [0.5, 0.6) is 0 Å². The van der Waals surface area contributed by atoms with E-state index in [1.807, 2.05) is 0 Å². The Kier molecular flexibility index (Phi) is 3.40. The summed E-state index contributed by atoms with van der Waals surface area (Å²) in [5, 5.41) is 9.97. The van der Waals surface area contributed by atoms with Gasteiger partial charge in [-0.2, -0.15) is 0 Å². The molecule has 16 heavy (non-hydrogen) atoms. The molecule has 0 bridgehead atoms. The fourth-order valence-electron chi connectivity index (χ4n) is 1.25. The number of benzene rings is 1. The number of aliphatic hydroxyl groups excluding tert-OH is 1. The van der Waals surface area contributed by atoms with E-state index in [1.165, 1.54) is 38.1 Å². The predicted molar refractivity (Wildman–Crippen MR) is 60.3 cm³/mol. The largest absolute Gasteiger partial charge is 0.387 e. The lowest BCUT2D eigenvalue weighted by molar-refractivity contribution is 0.139. The molecule has 0 saturated carbocycles. The maximum atomic E-state index is 12.7. The Morgan fingerprint density at radius 3 is 2.06 bits per heavy atom. The third kappa shape index (κ3) is 2.41. The fourth-order valence-corrected chi connectivity index (χ4v) is 1.79. The highest BCUT2D eigenvalue weighted by atomic mass is 32.2. The van der Waals surface area contributed by atoms with Crippen molar-refractivity contribution in [3.8, 4) is 0 Å². The lowest BCUT2D eigenvalue weighted by Gasteiger charge is -2.28. The van der Waals surface area contributed by atoms with Crippen LogP contribution in [0.25, 0.3) is 0 Å². The van der Waals surface area contributed by atoms with Gasteiger partial charge in [0.25, 0.3) is 0 Å². The molecule has 90 valence electrons. The summed E-state index contributed by atoms with van der Waals surface area (Å²) < 4.78 is 34.4. The van der Waals surface area contributed by atoms with Gasteiger partial charge >= 0.3 is 0 Å². The summed E-state index contributed by atoms with van der Waals surface area (Å²) in [6.45, 7) is 2.88. The topological polar surface area (TPSA) is 54.4 Å². The molecule has 1 aromatic carbocycles. The van der Waals surface area contributed by atoms with E-state index >= 15 is 0 Å². The maximum absolute atomic E-state index is 12.7. The molecule has 1 unspecified atom stereocenters. The zero-order chi connectivity index (χ0) is 12.6. The van der Waals surface area contributed by atoms with Gasteiger partial charge in [-0.3, -0.25) is 0 Å². The molecule has 1 rings (SSSR count). The Morgan fingerprint density at radius 1 is 1.25 bits per heavy atom. The van der Waals surface area contributed by atoms with Crippen molar-refractivity contribution in [1.82, 2.24) is 0 Å². The van der Waals surface area contributed by atoms with Gasteiger partial charge in [-0.15, -0.1) is 0 Å². The molecule has 0 spiro atoms. The molecular weight excluding hydrogens is 231 g/mol. The predicted octanol–water partition coefficient (Wildman–Crippen LogP) is 1.68. The summed E-state index contributed by atoms with van der Waals surface area (Å²) in [6.07, 6.45) is -0.108. The number of hydrogen-bond acceptors (Lipinski definition) is 3. The molecule has 5 heteroatoms. The molecule has 1 N–H and O–H groups in total. The van der Waals surface area contributed by atoms with Crippen molar-refractivity contribution < 1.29 is 17.9 Å². The third-order valence-corrected chi connectivity index (χ3v) is 4.93. The first-order valence-electron chi connectivity index (χ1n) is 4.79. The lowest BCUT2D eigenvalue weighted by Crippen LogP contribution is -2.37. The van der Waals surface area contributed by atoms with Crippen LogP contribution in [0.2, 0.25) is 0 Å². The van der Waals surface area contributed by atoms with E-state index in [2.05, 4.69) is 0 Å². The average Bonchev–Trinajstić information content (AvgIpc) is 2.16. The molecular formula is C11H15FO3S. The molecule has 0 aliphatic heterocycles. The lowest BCUT2D eigenvalue weighted by atomic mass is 9.98. The minimum absolute atomic E-state index is 0.386. The number of halogens is 1. The first kappa shape index (κ1) is 13.1. The van der Waals surface area contributed by atoms with Crippen LogP contribution < -0.4 is 0 Å². The Labute approximate surface area is 94.8 Å². The molecule has 0 aliphatic carbocycles. The Balaban J connectivity index is 3.12. The molecule has 3 nitrogen and oxygen atoms in total. The van der Waals surface area contributed by atoms with Crippen molar-refractivity contribution >= 4 is 9.84 Å². The zero-order valence-electron chi connectivity index (χ0n) is 9.44. The average molecular weight is 246 g/mol. The van der Waals surface area contributed by atoms with Gasteiger partial charge in [0, 0.05) is 6.26 Å². The van der Waals surface area contributed by atoms with E-state index in [1.54, 1.807) is 0 Å². The first-order chi connectivity index (χ1) is 7.16. The zero-order valence-corrected chi connectivity index (χ0v) is 10.3. The monoisotopic (exact) mass is 246 g/mol. The Hall–Kier alpha value is -0.940. The van der Waals surface area contributed by atoms with E-state index in [0.717, 1.165) is 6.26 Å². The quantitative estimate of drug-likeness (QED) is 0.882. The van der Waals surface area contributed by atoms with Crippen LogP contribution in [0.4, 0.5) is 4.39 Å². The summed E-state index contributed by atoms with van der Waals surface area (Å²) in [5.41, 5.74) is 0.386. The van der Waals surface area contributed by atoms with E-state index < -0.39 is 26.5 Å². The van der Waals surface area contributed by atoms with Crippen LogP contribution >= 0.6 is 0 Å². The smallest absolute Gasteiger partial charge is 0.155 e. The summed E-state index contributed by atoms with van der Waals surface area (Å²) in [5.74, 6) is -0.423. The van der Waals surface area contributed by atoms with Crippen LogP contribution in [-0.4, -0.2) is 24.5 Å². The van der Waals surface area contributed by atoms with E-state index in [9.17, 15) is 17.9 Å². The van der Waals surface area contributed by atoms with Gasteiger partial charge in [-0.1, -0.05) is 12.1 Å². The number of hydrogen-bond donors (Lipinski definition) is 1. The van der Waals surface area contributed by atoms with Crippen LogP contribution in [0, 0.1) is 5.82 Å². The fraction of sp³-hybridized carbons (Fsp3) is 0.455. The minimum Gasteiger partial charge on any atom is -0.387 e. The summed E-state index contributed by atoms with van der Waals surface area (Å²) in [7, 11) is -3.40. The van der Waals surface area contributed by atoms with Gasteiger partial charge in [-0.05, 0) is 31.5 Å². The van der Waals surface area contributed by atoms with Crippen molar-refractivity contribution in [3.63, 3.8) is 0 Å². The molecule has 0 saturated heterocycles. The van der Waals surface area contributed by atoms with Crippen molar-refractivity contribution in [2.75, 3.05) is 6.26 Å². The van der Waals surface area contributed by atoms with Crippen molar-refractivity contribution in [3.05, 3.63) is 35.6 Å². The van der Waals surface area contributed by atoms with Crippen LogP contribution in [0.3, 0.4) is 0 Å². The molecule has 0 amide bonds. The highest BCUT2D eigenvalue weighted by molar-refractivity contribution is 7.92. The number of aliphatic hydroxyl groups is 1. The van der Waals surface area contributed by atoms with Gasteiger partial charge < -0.3 is 5.11 Å². The van der Waals surface area contributed by atoms with Gasteiger partial charge in [0.15, 0.2) is 9.84 Å². The number of sulfone groups is 1. The molecule has 1 aromatic rings. The molecule has 0 radical (unpaired) electrons. The van der Waals surface area contributed by atoms with Crippen LogP contribution in [0.15, 0.2) is 24.3 Å². The minimum atomic E-state index is -3.40. The second-order valence-electron chi connectivity index (χ2n) is 4.33. The molecule has 0 fully saturated rings. The van der Waals surface area contributed by atoms with E-state index in [4.69, 9.17) is 0 Å². The van der Waals surface area contributed by atoms with Crippen LogP contribution in [0.1, 0.15) is 25.5 Å². The summed E-state index contributed by atoms with van der Waals surface area (Å²) in [6, 6.07) is 5.15. The van der Waals surface area contributed by atoms with Gasteiger partial charge in [-0.25, -0.2) is 12.8 Å². The van der Waals surface area contributed by atoms with Crippen molar-refractivity contribution in [1.29, 1.82) is 0 Å². The second kappa shape index (κ2) is 4.14. The maximum Gasteiger partial charge on any atom is 0.155 e. The number of rotatable bonds is 3. The molecule has 1 atom stereocenters. The van der Waals surface area contributed by atoms with Gasteiger partial charge in [0.05, 0.1) is 10.9 Å².